The van der Waals surface area contributed by atoms with Gasteiger partial charge in [0.2, 0.25) is 12.3 Å². The Morgan fingerprint density at radius 2 is 2.29 bits per heavy atom. The van der Waals surface area contributed by atoms with Crippen LogP contribution in [0, 0.1) is 0 Å². The summed E-state index contributed by atoms with van der Waals surface area (Å²) in [6, 6.07) is 0.423. The van der Waals surface area contributed by atoms with Crippen LogP contribution in [0.15, 0.2) is 10.9 Å². The molecule has 0 aliphatic carbocycles. The predicted octanol–water partition coefficient (Wildman–Crippen LogP) is 0.551. The smallest absolute Gasteiger partial charge is 0.340 e. The summed E-state index contributed by atoms with van der Waals surface area (Å²) in [4.78, 5) is 14.7. The molecule has 0 saturated heterocycles. The van der Waals surface area contributed by atoms with Crippen molar-refractivity contribution in [2.24, 2.45) is 0 Å². The molecule has 2 rings (SSSR count). The Labute approximate surface area is 93.4 Å². The highest BCUT2D eigenvalue weighted by Gasteiger charge is 2.35. The fraction of sp³-hybridized carbons (Fsp3) is 0.500. The minimum atomic E-state index is -4.65. The Morgan fingerprint density at radius 1 is 1.59 bits per heavy atom. The average molecular weight is 250 g/mol. The Morgan fingerprint density at radius 3 is 2.88 bits per heavy atom. The fourth-order valence-corrected chi connectivity index (χ4v) is 1.36. The molecule has 1 aliphatic rings. The van der Waals surface area contributed by atoms with E-state index < -0.39 is 23.8 Å². The molecule has 0 amide bonds. The molecule has 1 aromatic rings. The lowest BCUT2D eigenvalue weighted by Gasteiger charge is -2.09. The zero-order valence-electron chi connectivity index (χ0n) is 8.71. The lowest BCUT2D eigenvalue weighted by atomic mass is 10.4. The normalized spacial score (nSPS) is 18.5. The van der Waals surface area contributed by atoms with E-state index in [1.165, 1.54) is 0 Å². The van der Waals surface area contributed by atoms with Gasteiger partial charge >= 0.3 is 6.18 Å². The van der Waals surface area contributed by atoms with Gasteiger partial charge in [0.1, 0.15) is 0 Å². The monoisotopic (exact) mass is 250 g/mol. The van der Waals surface area contributed by atoms with Crippen LogP contribution in [-0.2, 0) is 10.9 Å². The van der Waals surface area contributed by atoms with E-state index in [9.17, 15) is 18.0 Å². The van der Waals surface area contributed by atoms with Gasteiger partial charge in [0.25, 0.3) is 5.56 Å². The Hall–Kier alpha value is -1.77. The van der Waals surface area contributed by atoms with Crippen LogP contribution in [0.3, 0.4) is 0 Å². The van der Waals surface area contributed by atoms with Gasteiger partial charge in [0, 0.05) is 12.7 Å². The molecule has 0 saturated carbocycles. The molecule has 17 heavy (non-hydrogen) atoms. The third kappa shape index (κ3) is 2.18. The first-order valence-corrected chi connectivity index (χ1v) is 4.78. The number of rotatable bonds is 2. The second-order valence-electron chi connectivity index (χ2n) is 3.25. The molecule has 0 spiro atoms. The topological polar surface area (TPSA) is 68.2 Å². The maximum absolute atomic E-state index is 12.4. The van der Waals surface area contributed by atoms with Crippen molar-refractivity contribution in [3.8, 4) is 0 Å². The molecule has 0 radical (unpaired) electrons. The number of fused-ring (bicyclic) bond motifs is 1. The number of hydrogen-bond donors (Lipinski definition) is 2. The highest BCUT2D eigenvalue weighted by molar-refractivity contribution is 5.35. The molecule has 2 heterocycles. The molecule has 94 valence electrons. The van der Waals surface area contributed by atoms with E-state index in [1.807, 2.05) is 0 Å². The first-order valence-electron chi connectivity index (χ1n) is 4.78. The van der Waals surface area contributed by atoms with Crippen LogP contribution in [0.4, 0.5) is 19.1 Å². The van der Waals surface area contributed by atoms with Crippen LogP contribution in [0.25, 0.3) is 0 Å². The van der Waals surface area contributed by atoms with Crippen molar-refractivity contribution in [1.29, 1.82) is 0 Å². The number of alkyl halides is 3. The molecule has 2 N–H and O–H groups in total. The van der Waals surface area contributed by atoms with E-state index >= 15 is 0 Å². The van der Waals surface area contributed by atoms with Crippen LogP contribution in [0.1, 0.15) is 12.6 Å². The van der Waals surface area contributed by atoms with Gasteiger partial charge in [-0.1, -0.05) is 0 Å². The number of ether oxygens (including phenoxy) is 1. The second-order valence-corrected chi connectivity index (χ2v) is 3.25. The minimum absolute atomic E-state index is 0.219. The number of halogens is 3. The van der Waals surface area contributed by atoms with Gasteiger partial charge < -0.3 is 10.1 Å². The van der Waals surface area contributed by atoms with Gasteiger partial charge in [0.05, 0.1) is 0 Å². The van der Waals surface area contributed by atoms with Gasteiger partial charge in [-0.15, -0.1) is 0 Å². The first-order chi connectivity index (χ1) is 7.91. The number of aromatic nitrogens is 2. The summed E-state index contributed by atoms with van der Waals surface area (Å²) >= 11 is 0. The highest BCUT2D eigenvalue weighted by Crippen LogP contribution is 2.27. The van der Waals surface area contributed by atoms with Gasteiger partial charge in [-0.3, -0.25) is 10.2 Å². The van der Waals surface area contributed by atoms with E-state index in [4.69, 9.17) is 4.74 Å². The van der Waals surface area contributed by atoms with E-state index in [-0.39, 0.29) is 5.95 Å². The molecule has 0 aromatic carbocycles. The van der Waals surface area contributed by atoms with Crippen LogP contribution in [-0.4, -0.2) is 22.6 Å². The molecule has 1 aromatic heterocycles. The summed E-state index contributed by atoms with van der Waals surface area (Å²) < 4.78 is 43.1. The molecule has 9 heteroatoms. The standard InChI is InChI=1S/C8H9F3N4O2/c1-2-17-7-13-6-12-4(8(9,10)11)3-5(16)15(6)14-7/h3,7,14H,2H2,1H3,(H,12,13). The van der Waals surface area contributed by atoms with Gasteiger partial charge in [0.15, 0.2) is 5.69 Å². The third-order valence-electron chi connectivity index (χ3n) is 2.05. The van der Waals surface area contributed by atoms with Crippen LogP contribution in [0.2, 0.25) is 0 Å². The average Bonchev–Trinajstić information content (AvgIpc) is 2.60. The lowest BCUT2D eigenvalue weighted by Crippen LogP contribution is -2.32. The van der Waals surface area contributed by atoms with Crippen LogP contribution >= 0.6 is 0 Å². The highest BCUT2D eigenvalue weighted by atomic mass is 19.4. The molecule has 1 unspecified atom stereocenters. The van der Waals surface area contributed by atoms with Gasteiger partial charge in [-0.05, 0) is 6.92 Å². The summed E-state index contributed by atoms with van der Waals surface area (Å²) in [6.45, 7) is 2.04. The molecule has 0 bridgehead atoms. The van der Waals surface area contributed by atoms with E-state index in [0.29, 0.717) is 12.7 Å². The first kappa shape index (κ1) is 11.7. The van der Waals surface area contributed by atoms with Gasteiger partial charge in [-0.25, -0.2) is 4.98 Å². The number of nitrogens with zero attached hydrogens (tertiary/aromatic N) is 2. The van der Waals surface area contributed by atoms with Crippen molar-refractivity contribution in [2.75, 3.05) is 17.3 Å². The zero-order chi connectivity index (χ0) is 12.6. The number of anilines is 1. The molecule has 1 aliphatic heterocycles. The minimum Gasteiger partial charge on any atom is -0.340 e. The van der Waals surface area contributed by atoms with Crippen molar-refractivity contribution in [3.63, 3.8) is 0 Å². The molecular formula is C8H9F3N4O2. The Kier molecular flexibility index (Phi) is 2.69. The molecule has 1 atom stereocenters. The van der Waals surface area contributed by atoms with Gasteiger partial charge in [-0.2, -0.15) is 17.8 Å². The van der Waals surface area contributed by atoms with E-state index in [0.717, 1.165) is 4.68 Å². The molecular weight excluding hydrogens is 241 g/mol. The quantitative estimate of drug-likeness (QED) is 0.802. The SMILES string of the molecule is CCOC1Nc2nc(C(F)(F)F)cc(=O)n2N1. The number of nitrogens with one attached hydrogen (secondary N) is 2. The fourth-order valence-electron chi connectivity index (χ4n) is 1.36. The van der Waals surface area contributed by atoms with E-state index in [2.05, 4.69) is 15.7 Å². The van der Waals surface area contributed by atoms with Crippen molar-refractivity contribution in [2.45, 2.75) is 19.5 Å². The second kappa shape index (κ2) is 3.91. The van der Waals surface area contributed by atoms with Crippen LogP contribution < -0.4 is 16.3 Å². The third-order valence-corrected chi connectivity index (χ3v) is 2.05. The summed E-state index contributed by atoms with van der Waals surface area (Å²) in [5, 5.41) is 2.51. The Bertz CT molecular complexity index is 485. The number of hydrogen-bond acceptors (Lipinski definition) is 5. The van der Waals surface area contributed by atoms with E-state index in [1.54, 1.807) is 6.92 Å². The lowest BCUT2D eigenvalue weighted by molar-refractivity contribution is -0.141. The van der Waals surface area contributed by atoms with Crippen molar-refractivity contribution in [1.82, 2.24) is 9.66 Å². The molecule has 0 fully saturated rings. The van der Waals surface area contributed by atoms with Crippen molar-refractivity contribution < 1.29 is 17.9 Å². The Balaban J connectivity index is 2.36. The summed E-state index contributed by atoms with van der Waals surface area (Å²) in [7, 11) is 0. The van der Waals surface area contributed by atoms with Crippen LogP contribution in [0.5, 0.6) is 0 Å². The molecule has 6 nitrogen and oxygen atoms in total. The van der Waals surface area contributed by atoms with Crippen molar-refractivity contribution in [3.05, 3.63) is 22.1 Å². The maximum atomic E-state index is 12.4. The summed E-state index contributed by atoms with van der Waals surface area (Å²) in [5.74, 6) is -0.219. The summed E-state index contributed by atoms with van der Waals surface area (Å²) in [5.41, 5.74) is 0.437. The maximum Gasteiger partial charge on any atom is 0.433 e. The zero-order valence-corrected chi connectivity index (χ0v) is 8.71. The predicted molar refractivity (Wildman–Crippen MR) is 51.9 cm³/mol. The summed E-state index contributed by atoms with van der Waals surface area (Å²) in [6.07, 6.45) is -5.41. The largest absolute Gasteiger partial charge is 0.433 e. The van der Waals surface area contributed by atoms with Crippen molar-refractivity contribution >= 4 is 5.95 Å².